The van der Waals surface area contributed by atoms with Crippen LogP contribution in [0.4, 0.5) is 0 Å². The molecule has 0 saturated carbocycles. The molecule has 0 aliphatic heterocycles. The fourth-order valence-electron chi connectivity index (χ4n) is 1.56. The van der Waals surface area contributed by atoms with Gasteiger partial charge in [-0.3, -0.25) is 0 Å². The van der Waals surface area contributed by atoms with Crippen molar-refractivity contribution in [3.8, 4) is 11.8 Å². The van der Waals surface area contributed by atoms with E-state index in [2.05, 4.69) is 22.0 Å². The van der Waals surface area contributed by atoms with Crippen molar-refractivity contribution in [3.63, 3.8) is 0 Å². The lowest BCUT2D eigenvalue weighted by atomic mass is 10.2. The van der Waals surface area contributed by atoms with Crippen molar-refractivity contribution in [1.82, 2.24) is 0 Å². The van der Waals surface area contributed by atoms with E-state index in [0.717, 1.165) is 4.47 Å². The van der Waals surface area contributed by atoms with E-state index in [0.29, 0.717) is 17.9 Å². The molecule has 0 N–H and O–H groups in total. The van der Waals surface area contributed by atoms with Gasteiger partial charge in [-0.1, -0.05) is 15.9 Å². The van der Waals surface area contributed by atoms with Crippen LogP contribution in [0.5, 0.6) is 5.75 Å². The molecule has 0 amide bonds. The molecular formula is C14H18BrNO2. The zero-order valence-electron chi connectivity index (χ0n) is 11.2. The summed E-state index contributed by atoms with van der Waals surface area (Å²) in [6, 6.07) is 7.40. The molecule has 0 aliphatic carbocycles. The Kier molecular flexibility index (Phi) is 5.18. The quantitative estimate of drug-likeness (QED) is 0.846. The maximum Gasteiger partial charge on any atom is 0.121 e. The number of halogens is 1. The Balaban J connectivity index is 2.59. The summed E-state index contributed by atoms with van der Waals surface area (Å²) in [6.45, 7) is 8.45. The van der Waals surface area contributed by atoms with Crippen molar-refractivity contribution in [2.24, 2.45) is 0 Å². The van der Waals surface area contributed by atoms with E-state index in [1.807, 2.05) is 33.8 Å². The van der Waals surface area contributed by atoms with Crippen LogP contribution in [0.15, 0.2) is 22.7 Å². The number of nitrogens with zero attached hydrogens (tertiary/aromatic N) is 1. The Morgan fingerprint density at radius 3 is 2.56 bits per heavy atom. The Morgan fingerprint density at radius 1 is 1.33 bits per heavy atom. The zero-order chi connectivity index (χ0) is 13.8. The minimum Gasteiger partial charge on any atom is -0.491 e. The van der Waals surface area contributed by atoms with E-state index >= 15 is 0 Å². The van der Waals surface area contributed by atoms with Gasteiger partial charge in [-0.15, -0.1) is 0 Å². The van der Waals surface area contributed by atoms with Crippen molar-refractivity contribution in [2.75, 3.05) is 6.61 Å². The highest BCUT2D eigenvalue weighted by atomic mass is 79.9. The average molecular weight is 312 g/mol. The molecule has 0 fully saturated rings. The molecule has 0 radical (unpaired) electrons. The van der Waals surface area contributed by atoms with Crippen LogP contribution in [0, 0.1) is 11.3 Å². The van der Waals surface area contributed by atoms with Crippen LogP contribution >= 0.6 is 15.9 Å². The van der Waals surface area contributed by atoms with E-state index in [4.69, 9.17) is 14.7 Å². The number of benzene rings is 1. The maximum atomic E-state index is 8.87. The van der Waals surface area contributed by atoms with Gasteiger partial charge in [-0.2, -0.15) is 5.26 Å². The number of hydrogen-bond acceptors (Lipinski definition) is 3. The topological polar surface area (TPSA) is 42.2 Å². The number of hydrogen-bond donors (Lipinski definition) is 0. The molecule has 0 saturated heterocycles. The van der Waals surface area contributed by atoms with Crippen LogP contribution in [-0.4, -0.2) is 18.3 Å². The average Bonchev–Trinajstić information content (AvgIpc) is 2.23. The molecule has 1 rings (SSSR count). The molecule has 0 bridgehead atoms. The van der Waals surface area contributed by atoms with E-state index in [9.17, 15) is 0 Å². The molecule has 98 valence electrons. The summed E-state index contributed by atoms with van der Waals surface area (Å²) >= 11 is 3.35. The maximum absolute atomic E-state index is 8.87. The van der Waals surface area contributed by atoms with Crippen LogP contribution in [0.1, 0.15) is 33.3 Å². The van der Waals surface area contributed by atoms with Crippen LogP contribution in [-0.2, 0) is 4.74 Å². The van der Waals surface area contributed by atoms with Crippen molar-refractivity contribution in [3.05, 3.63) is 28.2 Å². The number of ether oxygens (including phenoxy) is 2. The van der Waals surface area contributed by atoms with E-state index in [-0.39, 0.29) is 11.7 Å². The number of rotatable bonds is 4. The normalized spacial score (nSPS) is 12.9. The summed E-state index contributed by atoms with van der Waals surface area (Å²) in [5.74, 6) is 0.672. The molecule has 0 spiro atoms. The first kappa shape index (κ1) is 15.0. The molecule has 0 aromatic heterocycles. The van der Waals surface area contributed by atoms with Gasteiger partial charge in [0.25, 0.3) is 0 Å². The van der Waals surface area contributed by atoms with Gasteiger partial charge < -0.3 is 9.47 Å². The third-order valence-electron chi connectivity index (χ3n) is 2.04. The van der Waals surface area contributed by atoms with Crippen molar-refractivity contribution in [1.29, 1.82) is 5.26 Å². The molecule has 18 heavy (non-hydrogen) atoms. The van der Waals surface area contributed by atoms with E-state index < -0.39 is 0 Å². The molecule has 0 aliphatic rings. The second-order valence-electron chi connectivity index (χ2n) is 5.14. The van der Waals surface area contributed by atoms with E-state index in [1.54, 1.807) is 12.1 Å². The third-order valence-corrected chi connectivity index (χ3v) is 2.50. The molecule has 1 atom stereocenters. The molecular weight excluding hydrogens is 294 g/mol. The Morgan fingerprint density at radius 2 is 2.00 bits per heavy atom. The van der Waals surface area contributed by atoms with Gasteiger partial charge in [0.15, 0.2) is 0 Å². The highest BCUT2D eigenvalue weighted by Gasteiger charge is 2.15. The summed E-state index contributed by atoms with van der Waals surface area (Å²) in [7, 11) is 0. The van der Waals surface area contributed by atoms with Crippen molar-refractivity contribution < 1.29 is 9.47 Å². The highest BCUT2D eigenvalue weighted by molar-refractivity contribution is 9.10. The first-order chi connectivity index (χ1) is 8.30. The summed E-state index contributed by atoms with van der Waals surface area (Å²) in [6.07, 6.45) is -0.00508. The van der Waals surface area contributed by atoms with Gasteiger partial charge in [-0.25, -0.2) is 0 Å². The standard InChI is InChI=1S/C14H18BrNO2/c1-10(18-14(2,3)4)9-17-13-6-11(8-16)5-12(15)7-13/h5-7,10H,9H2,1-4H3. The lowest BCUT2D eigenvalue weighted by Gasteiger charge is -2.25. The van der Waals surface area contributed by atoms with Crippen LogP contribution in [0.25, 0.3) is 0 Å². The molecule has 4 heteroatoms. The predicted molar refractivity (Wildman–Crippen MR) is 74.7 cm³/mol. The van der Waals surface area contributed by atoms with Gasteiger partial charge in [0.2, 0.25) is 0 Å². The van der Waals surface area contributed by atoms with Crippen molar-refractivity contribution in [2.45, 2.75) is 39.4 Å². The summed E-state index contributed by atoms with van der Waals surface area (Å²) in [5, 5.41) is 8.87. The van der Waals surface area contributed by atoms with Gasteiger partial charge in [0.05, 0.1) is 23.3 Å². The second kappa shape index (κ2) is 6.21. The molecule has 1 aromatic rings. The van der Waals surface area contributed by atoms with Gasteiger partial charge in [0, 0.05) is 4.47 Å². The fourth-order valence-corrected chi connectivity index (χ4v) is 2.03. The van der Waals surface area contributed by atoms with E-state index in [1.165, 1.54) is 0 Å². The summed E-state index contributed by atoms with van der Waals surface area (Å²) in [5.41, 5.74) is 0.390. The van der Waals surface area contributed by atoms with Crippen LogP contribution in [0.3, 0.4) is 0 Å². The Labute approximate surface area is 117 Å². The first-order valence-electron chi connectivity index (χ1n) is 5.81. The monoisotopic (exact) mass is 311 g/mol. The molecule has 1 unspecified atom stereocenters. The molecule has 3 nitrogen and oxygen atoms in total. The van der Waals surface area contributed by atoms with Crippen molar-refractivity contribution >= 4 is 15.9 Å². The predicted octanol–water partition coefficient (Wildman–Crippen LogP) is 3.90. The lowest BCUT2D eigenvalue weighted by Crippen LogP contribution is -2.29. The minimum absolute atomic E-state index is 0.00508. The first-order valence-corrected chi connectivity index (χ1v) is 6.61. The van der Waals surface area contributed by atoms with Gasteiger partial charge >= 0.3 is 0 Å². The molecule has 1 aromatic carbocycles. The Hall–Kier alpha value is -1.05. The van der Waals surface area contributed by atoms with Crippen LogP contribution in [0.2, 0.25) is 0 Å². The SMILES string of the molecule is CC(COc1cc(Br)cc(C#N)c1)OC(C)(C)C. The zero-order valence-corrected chi connectivity index (χ0v) is 12.7. The minimum atomic E-state index is -0.183. The van der Waals surface area contributed by atoms with Gasteiger partial charge in [-0.05, 0) is 45.9 Å². The largest absolute Gasteiger partial charge is 0.491 e. The molecule has 0 heterocycles. The van der Waals surface area contributed by atoms with Gasteiger partial charge in [0.1, 0.15) is 12.4 Å². The highest BCUT2D eigenvalue weighted by Crippen LogP contribution is 2.21. The smallest absolute Gasteiger partial charge is 0.121 e. The van der Waals surface area contributed by atoms with Crippen LogP contribution < -0.4 is 4.74 Å². The number of nitriles is 1. The lowest BCUT2D eigenvalue weighted by molar-refractivity contribution is -0.0669. The third kappa shape index (κ3) is 5.52. The fraction of sp³-hybridized carbons (Fsp3) is 0.500. The summed E-state index contributed by atoms with van der Waals surface area (Å²) < 4.78 is 12.2. The summed E-state index contributed by atoms with van der Waals surface area (Å²) in [4.78, 5) is 0. The second-order valence-corrected chi connectivity index (χ2v) is 6.05. The Bertz CT molecular complexity index is 446.